The Kier molecular flexibility index (Phi) is 7.17. The third-order valence-corrected chi connectivity index (χ3v) is 3.15. The molecule has 0 saturated heterocycles. The second-order valence-electron chi connectivity index (χ2n) is 6.43. The average molecular weight is 281 g/mol. The van der Waals surface area contributed by atoms with Crippen molar-refractivity contribution in [2.45, 2.75) is 46.6 Å². The number of ether oxygens (including phenoxy) is 1. The molecule has 1 aromatic rings. The summed E-state index contributed by atoms with van der Waals surface area (Å²) in [5.74, 6) is -0.206. The van der Waals surface area contributed by atoms with E-state index in [2.05, 4.69) is 33.0 Å². The maximum atomic E-state index is 13.4. The van der Waals surface area contributed by atoms with Crippen LogP contribution in [-0.2, 0) is 4.74 Å². The van der Waals surface area contributed by atoms with Gasteiger partial charge in [0.05, 0.1) is 6.10 Å². The molecule has 0 aromatic heterocycles. The molecule has 1 atom stereocenters. The Bertz CT molecular complexity index is 387. The fourth-order valence-corrected chi connectivity index (χ4v) is 1.90. The zero-order valence-corrected chi connectivity index (χ0v) is 13.2. The maximum absolute atomic E-state index is 13.4. The van der Waals surface area contributed by atoms with Crippen molar-refractivity contribution >= 4 is 0 Å². The van der Waals surface area contributed by atoms with Crippen LogP contribution in [0.4, 0.5) is 4.39 Å². The van der Waals surface area contributed by atoms with Crippen LogP contribution < -0.4 is 5.32 Å². The van der Waals surface area contributed by atoms with E-state index in [1.165, 1.54) is 6.07 Å². The molecule has 0 bridgehead atoms. The molecule has 0 aliphatic carbocycles. The van der Waals surface area contributed by atoms with Crippen LogP contribution in [-0.4, -0.2) is 19.7 Å². The fourth-order valence-electron chi connectivity index (χ4n) is 1.90. The lowest BCUT2D eigenvalue weighted by atomic mass is 9.93. The van der Waals surface area contributed by atoms with E-state index in [1.807, 2.05) is 6.07 Å². The molecule has 114 valence electrons. The summed E-state index contributed by atoms with van der Waals surface area (Å²) in [6.45, 7) is 11.1. The molecule has 20 heavy (non-hydrogen) atoms. The Morgan fingerprint density at radius 1 is 1.30 bits per heavy atom. The second kappa shape index (κ2) is 8.38. The minimum Gasteiger partial charge on any atom is -0.372 e. The van der Waals surface area contributed by atoms with E-state index in [0.717, 1.165) is 31.5 Å². The van der Waals surface area contributed by atoms with Gasteiger partial charge in [0.25, 0.3) is 0 Å². The summed E-state index contributed by atoms with van der Waals surface area (Å²) in [5, 5.41) is 3.35. The van der Waals surface area contributed by atoms with Crippen LogP contribution >= 0.6 is 0 Å². The van der Waals surface area contributed by atoms with Crippen molar-refractivity contribution in [1.29, 1.82) is 0 Å². The molecule has 1 aromatic carbocycles. The highest BCUT2D eigenvalue weighted by Gasteiger charge is 2.15. The Morgan fingerprint density at radius 3 is 2.65 bits per heavy atom. The lowest BCUT2D eigenvalue weighted by molar-refractivity contribution is 0.0369. The molecule has 2 nitrogen and oxygen atoms in total. The van der Waals surface area contributed by atoms with Gasteiger partial charge in [0, 0.05) is 13.2 Å². The largest absolute Gasteiger partial charge is 0.372 e. The molecule has 0 saturated carbocycles. The van der Waals surface area contributed by atoms with Crippen molar-refractivity contribution in [1.82, 2.24) is 5.32 Å². The minimum absolute atomic E-state index is 0.0837. The van der Waals surface area contributed by atoms with Crippen molar-refractivity contribution in [3.8, 4) is 0 Å². The first-order chi connectivity index (χ1) is 9.42. The first-order valence-corrected chi connectivity index (χ1v) is 7.50. The molecule has 0 spiro atoms. The summed E-state index contributed by atoms with van der Waals surface area (Å²) in [6, 6.07) is 6.70. The van der Waals surface area contributed by atoms with Gasteiger partial charge in [-0.2, -0.15) is 0 Å². The molecule has 0 amide bonds. The second-order valence-corrected chi connectivity index (χ2v) is 6.43. The number of nitrogens with one attached hydrogen (secondary N) is 1. The van der Waals surface area contributed by atoms with Crippen LogP contribution in [0.1, 0.15) is 52.2 Å². The van der Waals surface area contributed by atoms with Gasteiger partial charge in [-0.25, -0.2) is 4.39 Å². The van der Waals surface area contributed by atoms with Crippen LogP contribution in [0.3, 0.4) is 0 Å². The van der Waals surface area contributed by atoms with Gasteiger partial charge < -0.3 is 10.1 Å². The summed E-state index contributed by atoms with van der Waals surface area (Å²) in [4.78, 5) is 0. The first-order valence-electron chi connectivity index (χ1n) is 7.50. The summed E-state index contributed by atoms with van der Waals surface area (Å²) in [5.41, 5.74) is 1.16. The monoisotopic (exact) mass is 281 g/mol. The Balaban J connectivity index is 2.60. The van der Waals surface area contributed by atoms with Crippen LogP contribution in [0.15, 0.2) is 24.3 Å². The minimum atomic E-state index is -0.206. The number of halogens is 1. The third-order valence-electron chi connectivity index (χ3n) is 3.15. The molecule has 1 N–H and O–H groups in total. The van der Waals surface area contributed by atoms with E-state index in [0.29, 0.717) is 6.61 Å². The van der Waals surface area contributed by atoms with Gasteiger partial charge in [-0.05, 0) is 42.5 Å². The lowest BCUT2D eigenvalue weighted by Crippen LogP contribution is -2.25. The normalized spacial score (nSPS) is 13.4. The smallest absolute Gasteiger partial charge is 0.123 e. The van der Waals surface area contributed by atoms with Crippen molar-refractivity contribution in [3.05, 3.63) is 35.6 Å². The van der Waals surface area contributed by atoms with Crippen molar-refractivity contribution < 1.29 is 9.13 Å². The van der Waals surface area contributed by atoms with Gasteiger partial charge >= 0.3 is 0 Å². The highest BCUT2D eigenvalue weighted by atomic mass is 19.1. The van der Waals surface area contributed by atoms with Crippen molar-refractivity contribution in [3.63, 3.8) is 0 Å². The van der Waals surface area contributed by atoms with E-state index < -0.39 is 0 Å². The predicted molar refractivity (Wildman–Crippen MR) is 82.3 cm³/mol. The molecule has 0 aliphatic rings. The van der Waals surface area contributed by atoms with E-state index in [1.54, 1.807) is 12.1 Å². The number of benzene rings is 1. The van der Waals surface area contributed by atoms with E-state index in [4.69, 9.17) is 4.74 Å². The Hall–Kier alpha value is -0.930. The predicted octanol–water partition coefficient (Wildman–Crippen LogP) is 4.32. The summed E-state index contributed by atoms with van der Waals surface area (Å²) in [6.07, 6.45) is 1.99. The maximum Gasteiger partial charge on any atom is 0.123 e. The molecular formula is C17H28FNO. The quantitative estimate of drug-likeness (QED) is 0.717. The van der Waals surface area contributed by atoms with Crippen LogP contribution in [0.25, 0.3) is 0 Å². The van der Waals surface area contributed by atoms with Gasteiger partial charge in [0.15, 0.2) is 0 Å². The van der Waals surface area contributed by atoms with Crippen molar-refractivity contribution in [2.75, 3.05) is 19.7 Å². The fraction of sp³-hybridized carbons (Fsp3) is 0.647. The average Bonchev–Trinajstić information content (AvgIpc) is 2.36. The number of rotatable bonds is 8. The number of hydrogen-bond donors (Lipinski definition) is 1. The van der Waals surface area contributed by atoms with Gasteiger partial charge in [0.1, 0.15) is 5.82 Å². The van der Waals surface area contributed by atoms with Gasteiger partial charge in [-0.3, -0.25) is 0 Å². The van der Waals surface area contributed by atoms with Crippen LogP contribution in [0, 0.1) is 11.2 Å². The van der Waals surface area contributed by atoms with Gasteiger partial charge in [0.2, 0.25) is 0 Å². The molecule has 1 rings (SSSR count). The molecule has 3 heteroatoms. The Labute approximate surface area is 122 Å². The summed E-state index contributed by atoms with van der Waals surface area (Å²) >= 11 is 0. The zero-order valence-electron chi connectivity index (χ0n) is 13.2. The van der Waals surface area contributed by atoms with Gasteiger partial charge in [-0.1, -0.05) is 39.8 Å². The Morgan fingerprint density at radius 2 is 2.05 bits per heavy atom. The third kappa shape index (κ3) is 7.01. The molecule has 0 radical (unpaired) electrons. The van der Waals surface area contributed by atoms with Gasteiger partial charge in [-0.15, -0.1) is 0 Å². The highest BCUT2D eigenvalue weighted by Crippen LogP contribution is 2.22. The van der Waals surface area contributed by atoms with Crippen LogP contribution in [0.2, 0.25) is 0 Å². The van der Waals surface area contributed by atoms with E-state index in [-0.39, 0.29) is 17.3 Å². The SMILES string of the molecule is CCCNCC(OCCC(C)(C)C)c1cccc(F)c1. The number of hydrogen-bond acceptors (Lipinski definition) is 2. The summed E-state index contributed by atoms with van der Waals surface area (Å²) in [7, 11) is 0. The topological polar surface area (TPSA) is 21.3 Å². The van der Waals surface area contributed by atoms with Crippen molar-refractivity contribution in [2.24, 2.45) is 5.41 Å². The zero-order chi connectivity index (χ0) is 15.0. The molecule has 0 fully saturated rings. The lowest BCUT2D eigenvalue weighted by Gasteiger charge is -2.23. The molecule has 0 heterocycles. The molecule has 0 aliphatic heterocycles. The first kappa shape index (κ1) is 17.1. The standard InChI is InChI=1S/C17H28FNO/c1-5-10-19-13-16(20-11-9-17(2,3)4)14-7-6-8-15(18)12-14/h6-8,12,16,19H,5,9-11,13H2,1-4H3. The highest BCUT2D eigenvalue weighted by molar-refractivity contribution is 5.19. The van der Waals surface area contributed by atoms with Crippen LogP contribution in [0.5, 0.6) is 0 Å². The molecular weight excluding hydrogens is 253 g/mol. The van der Waals surface area contributed by atoms with E-state index >= 15 is 0 Å². The van der Waals surface area contributed by atoms with E-state index in [9.17, 15) is 4.39 Å². The molecule has 1 unspecified atom stereocenters. The summed E-state index contributed by atoms with van der Waals surface area (Å²) < 4.78 is 19.3.